The summed E-state index contributed by atoms with van der Waals surface area (Å²) in [5.41, 5.74) is 56.0. The lowest BCUT2D eigenvalue weighted by molar-refractivity contribution is 1.28. The lowest BCUT2D eigenvalue weighted by Crippen LogP contribution is -1.97. The Kier molecular flexibility index (Phi) is 17.9. The van der Waals surface area contributed by atoms with Crippen molar-refractivity contribution in [3.63, 3.8) is 0 Å². The van der Waals surface area contributed by atoms with Crippen molar-refractivity contribution >= 4 is 136 Å². The van der Waals surface area contributed by atoms with E-state index in [0.29, 0.717) is 0 Å². The first-order valence-corrected chi connectivity index (χ1v) is 43.6. The van der Waals surface area contributed by atoms with Crippen molar-refractivity contribution in [1.82, 2.24) is 39.9 Å². The number of hydrogen-bond donors (Lipinski definition) is 4. The fourth-order valence-corrected chi connectivity index (χ4v) is 22.3. The van der Waals surface area contributed by atoms with Gasteiger partial charge >= 0.3 is 0 Å². The molecular weight excluding hydrogens is 1510 g/mol. The van der Waals surface area contributed by atoms with Crippen molar-refractivity contribution in [2.75, 3.05) is 0 Å². The normalized spacial score (nSPS) is 12.5. The van der Waals surface area contributed by atoms with Gasteiger partial charge < -0.3 is 19.9 Å². The van der Waals surface area contributed by atoms with Crippen molar-refractivity contribution in [3.05, 3.63) is 327 Å². The van der Waals surface area contributed by atoms with Crippen LogP contribution in [0.5, 0.6) is 0 Å². The van der Waals surface area contributed by atoms with Gasteiger partial charge in [0.2, 0.25) is 0 Å². The van der Waals surface area contributed by atoms with Crippen molar-refractivity contribution in [2.45, 2.75) is 138 Å². The molecule has 0 saturated heterocycles. The molecule has 21 rings (SSSR count). The summed E-state index contributed by atoms with van der Waals surface area (Å²) in [5.74, 6) is 0. The van der Waals surface area contributed by atoms with Gasteiger partial charge in [0.15, 0.2) is 0 Å². The van der Waals surface area contributed by atoms with Gasteiger partial charge in [-0.15, -0.1) is 0 Å². The van der Waals surface area contributed by atoms with Crippen molar-refractivity contribution in [3.8, 4) is 89.0 Å². The van der Waals surface area contributed by atoms with E-state index in [1.807, 2.05) is 0 Å². The fourth-order valence-electron chi connectivity index (χ4n) is 22.3. The number of aryl methyl sites for hydroxylation is 20. The van der Waals surface area contributed by atoms with Crippen LogP contribution in [0, 0.1) is 138 Å². The van der Waals surface area contributed by atoms with Gasteiger partial charge in [-0.25, -0.2) is 19.9 Å². The molecule has 0 saturated carbocycles. The second-order valence-electron chi connectivity index (χ2n) is 36.4. The van der Waals surface area contributed by atoms with E-state index in [1.165, 1.54) is 122 Å². The SMILES string of the molecule is Cc1ccc(-c2c3nc(c(-c4c(C)cc(C)cc4C)c4cc5c(-c6c(C)cc(C)cc6C)c6cc7c(cc6c(c6nc(c(-c8c(C)cc(C)cc8C)c8ccc2[nH]8)C=C6)c5[nH]4)c(-c2c(C)cc(C)cc2C)c2cc4[nH]c2c7c2nc(c(-c5c(C)cc(C)cc5C)c5ccc([nH]5)c(-c5ccc(C)cc5)c5nc(c4-c4c(C)cc(C)cc4C)C=C5)C=C2)C=C3)cc1. The lowest BCUT2D eigenvalue weighted by atomic mass is 9.82. The highest BCUT2D eigenvalue weighted by Crippen LogP contribution is 2.54. The van der Waals surface area contributed by atoms with Gasteiger partial charge in [0.05, 0.1) is 56.6 Å². The number of hydrogen-bond acceptors (Lipinski definition) is 4. The summed E-state index contributed by atoms with van der Waals surface area (Å²) in [6.07, 6.45) is 18.1. The van der Waals surface area contributed by atoms with Crippen LogP contribution in [-0.4, -0.2) is 39.9 Å². The first-order chi connectivity index (χ1) is 59.6. The van der Waals surface area contributed by atoms with E-state index in [9.17, 15) is 0 Å². The number of rotatable bonds is 8. The number of fused-ring (bicyclic) bond motifs is 20. The van der Waals surface area contributed by atoms with Crippen LogP contribution in [-0.2, 0) is 0 Å². The molecule has 4 aliphatic heterocycles. The molecule has 0 unspecified atom stereocenters. The molecule has 604 valence electrons. The van der Waals surface area contributed by atoms with E-state index in [0.717, 1.165) is 211 Å². The van der Waals surface area contributed by atoms with Crippen molar-refractivity contribution in [1.29, 1.82) is 0 Å². The highest BCUT2D eigenvalue weighted by atomic mass is 14.8. The van der Waals surface area contributed by atoms with Crippen LogP contribution < -0.4 is 0 Å². The molecule has 8 nitrogen and oxygen atoms in total. The predicted octanol–water partition coefficient (Wildman–Crippen LogP) is 31.2. The van der Waals surface area contributed by atoms with E-state index in [1.54, 1.807) is 0 Å². The van der Waals surface area contributed by atoms with Crippen LogP contribution in [0.3, 0.4) is 0 Å². The number of nitrogens with one attached hydrogen (secondary N) is 4. The molecule has 16 bridgehead atoms. The maximum atomic E-state index is 6.20. The third-order valence-electron chi connectivity index (χ3n) is 26.7. The topological polar surface area (TPSA) is 115 Å². The molecule has 11 aromatic carbocycles. The molecule has 0 aliphatic carbocycles. The maximum absolute atomic E-state index is 6.20. The molecule has 124 heavy (non-hydrogen) atoms. The van der Waals surface area contributed by atoms with Gasteiger partial charge in [-0.2, -0.15) is 0 Å². The first-order valence-electron chi connectivity index (χ1n) is 43.6. The smallest absolute Gasteiger partial charge is 0.0737 e. The summed E-state index contributed by atoms with van der Waals surface area (Å²) < 4.78 is 0. The number of nitrogens with zero attached hydrogens (tertiary/aromatic N) is 4. The van der Waals surface area contributed by atoms with Crippen LogP contribution in [0.1, 0.15) is 157 Å². The second-order valence-corrected chi connectivity index (χ2v) is 36.4. The molecular formula is C116H100N8. The van der Waals surface area contributed by atoms with Crippen LogP contribution >= 0.6 is 0 Å². The number of aromatic nitrogens is 8. The average Bonchev–Trinajstić information content (AvgIpc) is 1.40. The fraction of sp³-hybridized carbons (Fsp3) is 0.172. The van der Waals surface area contributed by atoms with E-state index in [-0.39, 0.29) is 0 Å². The Morgan fingerprint density at radius 1 is 0.161 bits per heavy atom. The molecule has 0 spiro atoms. The van der Waals surface area contributed by atoms with Crippen LogP contribution in [0.25, 0.3) is 225 Å². The largest absolute Gasteiger partial charge is 0.354 e. The number of H-pyrrole nitrogens is 4. The number of benzene rings is 11. The van der Waals surface area contributed by atoms with Gasteiger partial charge in [0, 0.05) is 88.0 Å². The standard InChI is InChI=1S/C116H100N8/c1-57-21-25-77(26-22-57)105-85-29-35-91(117-85)111(101-69(13)45-61(5)46-70(101)14)93-39-33-89(121-93)109-81-54-80-82(53-79(81)107(99-65(9)41-59(3)42-66(99)10)83-55-97(123-115(83)109)113(95-37-31-87(105)119-95)103-73(17)49-63(7)50-74(103)18)110-90-34-40-94(122-90)112(102-71(15)47-62(6)48-72(102)16)92-36-30-86(118-92)106(78-27-23-58(2)24-28-78)88-32-38-96(120-88)114(104-75(19)51-64(8)52-76(104)20)98-56-84(116(110)124-98)108(80)100-67(11)43-60(4)44-68(100)12/h21-56,117-118,123-124H,1-20H3. The molecule has 8 heteroatoms. The Morgan fingerprint density at radius 2 is 0.379 bits per heavy atom. The van der Waals surface area contributed by atoms with Crippen LogP contribution in [0.4, 0.5) is 0 Å². The molecule has 0 atom stereocenters. The Labute approximate surface area is 725 Å². The van der Waals surface area contributed by atoms with E-state index in [2.05, 4.69) is 377 Å². The summed E-state index contributed by atoms with van der Waals surface area (Å²) >= 11 is 0. The van der Waals surface area contributed by atoms with E-state index >= 15 is 0 Å². The van der Waals surface area contributed by atoms with Gasteiger partial charge in [-0.1, -0.05) is 166 Å². The average molecular weight is 1610 g/mol. The van der Waals surface area contributed by atoms with Crippen molar-refractivity contribution < 1.29 is 0 Å². The Hall–Kier alpha value is -14.1. The summed E-state index contributed by atoms with van der Waals surface area (Å²) in [4.78, 5) is 41.4. The minimum Gasteiger partial charge on any atom is -0.354 e. The quantitative estimate of drug-likeness (QED) is 0.113. The van der Waals surface area contributed by atoms with E-state index in [4.69, 9.17) is 19.9 Å². The number of aromatic amines is 4. The summed E-state index contributed by atoms with van der Waals surface area (Å²) in [6, 6.07) is 65.1. The highest BCUT2D eigenvalue weighted by molar-refractivity contribution is 6.33. The first kappa shape index (κ1) is 77.3. The summed E-state index contributed by atoms with van der Waals surface area (Å²) in [6.45, 7) is 45.0. The van der Waals surface area contributed by atoms with Gasteiger partial charge in [0.1, 0.15) is 0 Å². The predicted molar refractivity (Wildman–Crippen MR) is 531 cm³/mol. The zero-order valence-corrected chi connectivity index (χ0v) is 74.6. The third-order valence-corrected chi connectivity index (χ3v) is 26.7. The summed E-state index contributed by atoms with van der Waals surface area (Å²) in [7, 11) is 0. The lowest BCUT2D eigenvalue weighted by Gasteiger charge is -2.21. The maximum Gasteiger partial charge on any atom is 0.0737 e. The van der Waals surface area contributed by atoms with Gasteiger partial charge in [0.25, 0.3) is 0 Å². The Bertz CT molecular complexity index is 7540. The molecule has 0 amide bonds. The highest BCUT2D eigenvalue weighted by Gasteiger charge is 2.31. The molecule has 0 fully saturated rings. The monoisotopic (exact) mass is 1600 g/mol. The third kappa shape index (κ3) is 12.4. The van der Waals surface area contributed by atoms with Crippen molar-refractivity contribution in [2.24, 2.45) is 0 Å². The van der Waals surface area contributed by atoms with Gasteiger partial charge in [-0.05, 0) is 380 Å². The zero-order valence-electron chi connectivity index (χ0n) is 74.6. The Morgan fingerprint density at radius 3 is 0.645 bits per heavy atom. The second kappa shape index (κ2) is 28.8. The molecule has 17 aromatic rings. The minimum atomic E-state index is 0.851. The molecule has 10 heterocycles. The zero-order chi connectivity index (χ0) is 85.8. The Balaban J connectivity index is 1.04. The minimum absolute atomic E-state index is 0.851. The summed E-state index contributed by atoms with van der Waals surface area (Å²) in [5, 5.41) is 8.46. The molecule has 0 radical (unpaired) electrons. The molecule has 4 aliphatic rings. The molecule has 4 N–H and O–H groups in total. The van der Waals surface area contributed by atoms with E-state index < -0.39 is 0 Å². The molecule has 6 aromatic heterocycles. The van der Waals surface area contributed by atoms with Crippen LogP contribution in [0.15, 0.2) is 170 Å². The van der Waals surface area contributed by atoms with Gasteiger partial charge in [-0.3, -0.25) is 0 Å². The van der Waals surface area contributed by atoms with Crippen LogP contribution in [0.2, 0.25) is 0 Å².